The van der Waals surface area contributed by atoms with Crippen LogP contribution in [0.3, 0.4) is 0 Å². The molecule has 0 unspecified atom stereocenters. The van der Waals surface area contributed by atoms with Crippen LogP contribution in [0.4, 0.5) is 0 Å². The zero-order valence-corrected chi connectivity index (χ0v) is 10.8. The van der Waals surface area contributed by atoms with Crippen LogP contribution in [-0.2, 0) is 11.3 Å². The van der Waals surface area contributed by atoms with Crippen molar-refractivity contribution >= 4 is 17.5 Å². The standard InChI is InChI=1S/C12H17ClN2O2/c1-9(2)17-12-10(4-3-7-14-12)8-15-11(16)5-6-13/h3-4,7,9H,5-6,8H2,1-2H3,(H,15,16). The number of nitrogens with one attached hydrogen (secondary N) is 1. The Morgan fingerprint density at radius 1 is 1.59 bits per heavy atom. The van der Waals surface area contributed by atoms with E-state index in [4.69, 9.17) is 16.3 Å². The largest absolute Gasteiger partial charge is 0.475 e. The molecular weight excluding hydrogens is 240 g/mol. The quantitative estimate of drug-likeness (QED) is 0.793. The summed E-state index contributed by atoms with van der Waals surface area (Å²) in [4.78, 5) is 15.4. The highest BCUT2D eigenvalue weighted by Crippen LogP contribution is 2.15. The smallest absolute Gasteiger partial charge is 0.221 e. The Labute approximate surface area is 106 Å². The molecule has 0 spiro atoms. The van der Waals surface area contributed by atoms with E-state index in [1.165, 1.54) is 0 Å². The van der Waals surface area contributed by atoms with E-state index in [1.807, 2.05) is 26.0 Å². The Kier molecular flexibility index (Phi) is 5.77. The Balaban J connectivity index is 2.60. The van der Waals surface area contributed by atoms with E-state index < -0.39 is 0 Å². The number of rotatable bonds is 6. The van der Waals surface area contributed by atoms with Gasteiger partial charge in [0.1, 0.15) is 0 Å². The summed E-state index contributed by atoms with van der Waals surface area (Å²) in [6, 6.07) is 3.70. The second kappa shape index (κ2) is 7.12. The average Bonchev–Trinajstić information content (AvgIpc) is 2.27. The molecule has 1 amide bonds. The van der Waals surface area contributed by atoms with Crippen LogP contribution in [-0.4, -0.2) is 22.9 Å². The summed E-state index contributed by atoms with van der Waals surface area (Å²) < 4.78 is 5.55. The van der Waals surface area contributed by atoms with Crippen LogP contribution >= 0.6 is 11.6 Å². The monoisotopic (exact) mass is 256 g/mol. The van der Waals surface area contributed by atoms with Crippen molar-refractivity contribution in [2.75, 3.05) is 5.88 Å². The maximum absolute atomic E-state index is 11.3. The number of alkyl halides is 1. The van der Waals surface area contributed by atoms with Gasteiger partial charge >= 0.3 is 0 Å². The number of ether oxygens (including phenoxy) is 1. The van der Waals surface area contributed by atoms with Gasteiger partial charge in [-0.2, -0.15) is 0 Å². The minimum atomic E-state index is -0.0700. The molecule has 1 N–H and O–H groups in total. The summed E-state index contributed by atoms with van der Waals surface area (Å²) in [5.41, 5.74) is 0.865. The van der Waals surface area contributed by atoms with Gasteiger partial charge in [0.2, 0.25) is 11.8 Å². The van der Waals surface area contributed by atoms with E-state index in [0.717, 1.165) is 5.56 Å². The zero-order valence-electron chi connectivity index (χ0n) is 10.1. The molecule has 1 aromatic heterocycles. The lowest BCUT2D eigenvalue weighted by Gasteiger charge is -2.13. The average molecular weight is 257 g/mol. The van der Waals surface area contributed by atoms with Crippen molar-refractivity contribution in [1.29, 1.82) is 0 Å². The molecule has 0 aliphatic heterocycles. The lowest BCUT2D eigenvalue weighted by atomic mass is 10.2. The molecule has 0 aliphatic rings. The number of hydrogen-bond donors (Lipinski definition) is 1. The Hall–Kier alpha value is -1.29. The second-order valence-corrected chi connectivity index (χ2v) is 4.23. The molecule has 0 bridgehead atoms. The van der Waals surface area contributed by atoms with Gasteiger partial charge in [-0.25, -0.2) is 4.98 Å². The van der Waals surface area contributed by atoms with Crippen LogP contribution in [0, 0.1) is 0 Å². The van der Waals surface area contributed by atoms with Crippen molar-refractivity contribution < 1.29 is 9.53 Å². The van der Waals surface area contributed by atoms with Gasteiger partial charge in [0.25, 0.3) is 0 Å². The topological polar surface area (TPSA) is 51.2 Å². The van der Waals surface area contributed by atoms with E-state index in [1.54, 1.807) is 6.20 Å². The third-order valence-electron chi connectivity index (χ3n) is 1.99. The minimum absolute atomic E-state index is 0.0576. The Bertz CT molecular complexity index is 369. The van der Waals surface area contributed by atoms with Gasteiger partial charge in [0.05, 0.1) is 6.10 Å². The first-order valence-corrected chi connectivity index (χ1v) is 6.10. The molecule has 0 saturated heterocycles. The molecule has 0 aromatic carbocycles. The van der Waals surface area contributed by atoms with Gasteiger partial charge < -0.3 is 10.1 Å². The van der Waals surface area contributed by atoms with E-state index in [9.17, 15) is 4.79 Å². The predicted molar refractivity (Wildman–Crippen MR) is 67.2 cm³/mol. The molecule has 5 heteroatoms. The summed E-state index contributed by atoms with van der Waals surface area (Å²) in [5.74, 6) is 0.821. The van der Waals surface area contributed by atoms with Crippen molar-refractivity contribution in [2.24, 2.45) is 0 Å². The molecule has 1 rings (SSSR count). The van der Waals surface area contributed by atoms with Gasteiger partial charge in [-0.1, -0.05) is 6.07 Å². The third kappa shape index (κ3) is 5.04. The lowest BCUT2D eigenvalue weighted by molar-refractivity contribution is -0.120. The summed E-state index contributed by atoms with van der Waals surface area (Å²) >= 11 is 5.48. The number of amides is 1. The van der Waals surface area contributed by atoms with Crippen molar-refractivity contribution in [3.63, 3.8) is 0 Å². The van der Waals surface area contributed by atoms with Crippen molar-refractivity contribution in [3.05, 3.63) is 23.9 Å². The molecular formula is C12H17ClN2O2. The lowest BCUT2D eigenvalue weighted by Crippen LogP contribution is -2.23. The van der Waals surface area contributed by atoms with E-state index in [0.29, 0.717) is 24.7 Å². The molecule has 1 heterocycles. The molecule has 0 saturated carbocycles. The number of carbonyl (C=O) groups excluding carboxylic acids is 1. The van der Waals surface area contributed by atoms with Crippen LogP contribution in [0.2, 0.25) is 0 Å². The van der Waals surface area contributed by atoms with Crippen LogP contribution in [0.15, 0.2) is 18.3 Å². The van der Waals surface area contributed by atoms with Gasteiger partial charge in [0.15, 0.2) is 0 Å². The van der Waals surface area contributed by atoms with Crippen LogP contribution in [0.1, 0.15) is 25.8 Å². The first kappa shape index (κ1) is 13.8. The van der Waals surface area contributed by atoms with Gasteiger partial charge in [0, 0.05) is 30.6 Å². The number of nitrogens with zero attached hydrogens (tertiary/aromatic N) is 1. The van der Waals surface area contributed by atoms with Gasteiger partial charge in [-0.3, -0.25) is 4.79 Å². The Morgan fingerprint density at radius 2 is 2.35 bits per heavy atom. The van der Waals surface area contributed by atoms with E-state index >= 15 is 0 Å². The molecule has 17 heavy (non-hydrogen) atoms. The predicted octanol–water partition coefficient (Wildman–Crippen LogP) is 2.11. The Morgan fingerprint density at radius 3 is 3.00 bits per heavy atom. The summed E-state index contributed by atoms with van der Waals surface area (Å²) in [6.07, 6.45) is 2.05. The molecule has 1 aromatic rings. The molecule has 0 radical (unpaired) electrons. The van der Waals surface area contributed by atoms with E-state index in [2.05, 4.69) is 10.3 Å². The molecule has 0 atom stereocenters. The number of pyridine rings is 1. The fraction of sp³-hybridized carbons (Fsp3) is 0.500. The molecule has 0 fully saturated rings. The van der Waals surface area contributed by atoms with Crippen LogP contribution in [0.25, 0.3) is 0 Å². The number of aromatic nitrogens is 1. The van der Waals surface area contributed by atoms with Gasteiger partial charge in [-0.15, -0.1) is 11.6 Å². The number of hydrogen-bond acceptors (Lipinski definition) is 3. The minimum Gasteiger partial charge on any atom is -0.475 e. The highest BCUT2D eigenvalue weighted by Gasteiger charge is 2.07. The third-order valence-corrected chi connectivity index (χ3v) is 2.18. The normalized spacial score (nSPS) is 10.4. The fourth-order valence-electron chi connectivity index (χ4n) is 1.26. The molecule has 94 valence electrons. The first-order valence-electron chi connectivity index (χ1n) is 5.56. The molecule has 0 aliphatic carbocycles. The maximum atomic E-state index is 11.3. The van der Waals surface area contributed by atoms with Crippen LogP contribution in [0.5, 0.6) is 5.88 Å². The van der Waals surface area contributed by atoms with Crippen molar-refractivity contribution in [3.8, 4) is 5.88 Å². The first-order chi connectivity index (χ1) is 8.13. The summed E-state index contributed by atoms with van der Waals surface area (Å²) in [6.45, 7) is 4.28. The summed E-state index contributed by atoms with van der Waals surface area (Å²) in [7, 11) is 0. The zero-order chi connectivity index (χ0) is 12.7. The second-order valence-electron chi connectivity index (χ2n) is 3.85. The SMILES string of the molecule is CC(C)Oc1ncccc1CNC(=O)CCCl. The van der Waals surface area contributed by atoms with E-state index in [-0.39, 0.29) is 12.0 Å². The highest BCUT2D eigenvalue weighted by molar-refractivity contribution is 6.18. The fourth-order valence-corrected chi connectivity index (χ4v) is 1.43. The molecule has 4 nitrogen and oxygen atoms in total. The summed E-state index contributed by atoms with van der Waals surface area (Å²) in [5, 5.41) is 2.77. The number of carbonyl (C=O) groups is 1. The van der Waals surface area contributed by atoms with Crippen molar-refractivity contribution in [1.82, 2.24) is 10.3 Å². The van der Waals surface area contributed by atoms with Crippen LogP contribution < -0.4 is 10.1 Å². The maximum Gasteiger partial charge on any atom is 0.221 e. The van der Waals surface area contributed by atoms with Crippen molar-refractivity contribution in [2.45, 2.75) is 32.9 Å². The number of halogens is 1. The van der Waals surface area contributed by atoms with Gasteiger partial charge in [-0.05, 0) is 19.9 Å². The highest BCUT2D eigenvalue weighted by atomic mass is 35.5.